The van der Waals surface area contributed by atoms with E-state index in [1.54, 1.807) is 19.2 Å². The molecule has 6 nitrogen and oxygen atoms in total. The van der Waals surface area contributed by atoms with Crippen LogP contribution in [0.1, 0.15) is 38.5 Å². The van der Waals surface area contributed by atoms with Gasteiger partial charge in [-0.1, -0.05) is 22.4 Å². The Balaban J connectivity index is 1.64. The van der Waals surface area contributed by atoms with Crippen LogP contribution in [0, 0.1) is 0 Å². The molecule has 0 atom stereocenters. The fourth-order valence-electron chi connectivity index (χ4n) is 3.17. The van der Waals surface area contributed by atoms with Crippen LogP contribution in [0.3, 0.4) is 0 Å². The standard InChI is InChI=1S/C19H30BrNO5S/c1-21(14-16-25-19(24-2)11-4-3-5-12-19)13-6-15-26-27(22,23)18-9-7-17(20)8-10-18/h7-10H,3-6,11-16H2,1-2H3. The molecule has 0 amide bonds. The van der Waals surface area contributed by atoms with Crippen molar-refractivity contribution >= 4 is 26.0 Å². The molecule has 1 aromatic carbocycles. The molecule has 154 valence electrons. The van der Waals surface area contributed by atoms with Crippen LogP contribution in [0.5, 0.6) is 0 Å². The summed E-state index contributed by atoms with van der Waals surface area (Å²) in [6.07, 6.45) is 6.07. The Bertz CT molecular complexity index is 659. The van der Waals surface area contributed by atoms with Gasteiger partial charge in [-0.2, -0.15) is 8.42 Å². The predicted molar refractivity (Wildman–Crippen MR) is 108 cm³/mol. The summed E-state index contributed by atoms with van der Waals surface area (Å²) >= 11 is 3.29. The summed E-state index contributed by atoms with van der Waals surface area (Å²) in [7, 11) is 0.0149. The molecule has 0 radical (unpaired) electrons. The number of benzene rings is 1. The quantitative estimate of drug-likeness (QED) is 0.282. The summed E-state index contributed by atoms with van der Waals surface area (Å²) in [6, 6.07) is 6.42. The molecule has 0 N–H and O–H groups in total. The van der Waals surface area contributed by atoms with Gasteiger partial charge in [0.05, 0.1) is 18.1 Å². The van der Waals surface area contributed by atoms with Gasteiger partial charge in [0.25, 0.3) is 10.1 Å². The Labute approximate surface area is 171 Å². The maximum absolute atomic E-state index is 12.1. The molecule has 0 unspecified atom stereocenters. The first-order chi connectivity index (χ1) is 12.9. The molecule has 1 fully saturated rings. The van der Waals surface area contributed by atoms with E-state index in [-0.39, 0.29) is 11.5 Å². The first-order valence-corrected chi connectivity index (χ1v) is 11.6. The maximum atomic E-state index is 12.1. The molecule has 1 aliphatic carbocycles. The maximum Gasteiger partial charge on any atom is 0.296 e. The van der Waals surface area contributed by atoms with Gasteiger partial charge in [0, 0.05) is 37.5 Å². The lowest BCUT2D eigenvalue weighted by Crippen LogP contribution is -2.39. The molecule has 1 saturated carbocycles. The van der Waals surface area contributed by atoms with Crippen LogP contribution in [-0.2, 0) is 23.8 Å². The Morgan fingerprint density at radius 3 is 2.37 bits per heavy atom. The molecule has 27 heavy (non-hydrogen) atoms. The second-order valence-corrected chi connectivity index (χ2v) is 9.44. The lowest BCUT2D eigenvalue weighted by Gasteiger charge is -2.36. The van der Waals surface area contributed by atoms with Gasteiger partial charge in [-0.15, -0.1) is 0 Å². The van der Waals surface area contributed by atoms with Gasteiger partial charge in [0.2, 0.25) is 0 Å². The van der Waals surface area contributed by atoms with E-state index >= 15 is 0 Å². The highest BCUT2D eigenvalue weighted by Gasteiger charge is 2.32. The van der Waals surface area contributed by atoms with Crippen LogP contribution in [0.15, 0.2) is 33.6 Å². The highest BCUT2D eigenvalue weighted by Crippen LogP contribution is 2.32. The minimum Gasteiger partial charge on any atom is -0.353 e. The zero-order valence-corrected chi connectivity index (χ0v) is 18.6. The molecule has 0 saturated heterocycles. The topological polar surface area (TPSA) is 65.1 Å². The molecular weight excluding hydrogens is 434 g/mol. The van der Waals surface area contributed by atoms with Gasteiger partial charge >= 0.3 is 0 Å². The minimum absolute atomic E-state index is 0.158. The van der Waals surface area contributed by atoms with Crippen LogP contribution in [0.2, 0.25) is 0 Å². The molecule has 0 bridgehead atoms. The Morgan fingerprint density at radius 1 is 1.07 bits per heavy atom. The van der Waals surface area contributed by atoms with Gasteiger partial charge in [-0.25, -0.2) is 0 Å². The average Bonchev–Trinajstić information content (AvgIpc) is 2.66. The fourth-order valence-corrected chi connectivity index (χ4v) is 4.38. The molecule has 0 spiro atoms. The summed E-state index contributed by atoms with van der Waals surface area (Å²) < 4.78 is 41.8. The Morgan fingerprint density at radius 2 is 1.74 bits per heavy atom. The van der Waals surface area contributed by atoms with Gasteiger partial charge in [0.15, 0.2) is 5.79 Å². The number of halogens is 1. The number of methoxy groups -OCH3 is 1. The third kappa shape index (κ3) is 7.44. The van der Waals surface area contributed by atoms with Gasteiger partial charge in [-0.05, 0) is 50.6 Å². The lowest BCUT2D eigenvalue weighted by molar-refractivity contribution is -0.239. The smallest absolute Gasteiger partial charge is 0.296 e. The number of ether oxygens (including phenoxy) is 2. The normalized spacial score (nSPS) is 17.3. The highest BCUT2D eigenvalue weighted by atomic mass is 79.9. The van der Waals surface area contributed by atoms with E-state index in [1.807, 2.05) is 7.05 Å². The summed E-state index contributed by atoms with van der Waals surface area (Å²) in [5, 5.41) is 0. The average molecular weight is 464 g/mol. The van der Waals surface area contributed by atoms with Crippen molar-refractivity contribution in [2.24, 2.45) is 0 Å². The second kappa shape index (κ2) is 10.9. The molecule has 2 rings (SSSR count). The number of rotatable bonds is 11. The summed E-state index contributed by atoms with van der Waals surface area (Å²) in [4.78, 5) is 2.28. The van der Waals surface area contributed by atoms with Crippen LogP contribution >= 0.6 is 15.9 Å². The van der Waals surface area contributed by atoms with Gasteiger partial charge in [-0.3, -0.25) is 4.18 Å². The van der Waals surface area contributed by atoms with E-state index in [0.29, 0.717) is 13.0 Å². The molecule has 8 heteroatoms. The van der Waals surface area contributed by atoms with Crippen molar-refractivity contribution in [2.75, 3.05) is 40.5 Å². The number of hydrogen-bond donors (Lipinski definition) is 0. The molecule has 0 aliphatic heterocycles. The fraction of sp³-hybridized carbons (Fsp3) is 0.684. The Hall–Kier alpha value is -0.510. The van der Waals surface area contributed by atoms with E-state index in [4.69, 9.17) is 13.7 Å². The molecule has 0 aromatic heterocycles. The first kappa shape index (κ1) is 22.8. The number of nitrogens with zero attached hydrogens (tertiary/aromatic N) is 1. The Kier molecular flexibility index (Phi) is 9.18. The van der Waals surface area contributed by atoms with Crippen molar-refractivity contribution in [1.29, 1.82) is 0 Å². The third-order valence-corrected chi connectivity index (χ3v) is 6.71. The molecule has 1 aliphatic rings. The molecule has 1 aromatic rings. The predicted octanol–water partition coefficient (Wildman–Crippen LogP) is 3.80. The van der Waals surface area contributed by atoms with Crippen LogP contribution < -0.4 is 0 Å². The van der Waals surface area contributed by atoms with Crippen molar-refractivity contribution in [3.05, 3.63) is 28.7 Å². The van der Waals surface area contributed by atoms with Crippen molar-refractivity contribution in [3.63, 3.8) is 0 Å². The van der Waals surface area contributed by atoms with E-state index in [1.165, 1.54) is 18.6 Å². The second-order valence-electron chi connectivity index (χ2n) is 6.91. The van der Waals surface area contributed by atoms with E-state index in [0.717, 1.165) is 43.2 Å². The van der Waals surface area contributed by atoms with Crippen molar-refractivity contribution in [3.8, 4) is 0 Å². The van der Waals surface area contributed by atoms with Crippen molar-refractivity contribution in [2.45, 2.75) is 49.2 Å². The SMILES string of the molecule is COC1(OCCN(C)CCCOS(=O)(=O)c2ccc(Br)cc2)CCCCC1. The van der Waals surface area contributed by atoms with Crippen LogP contribution in [-0.4, -0.2) is 59.6 Å². The molecule has 0 heterocycles. The van der Waals surface area contributed by atoms with Gasteiger partial charge < -0.3 is 14.4 Å². The largest absolute Gasteiger partial charge is 0.353 e. The zero-order chi connectivity index (χ0) is 19.8. The minimum atomic E-state index is -3.70. The summed E-state index contributed by atoms with van der Waals surface area (Å²) in [5.41, 5.74) is 0. The van der Waals surface area contributed by atoms with Crippen LogP contribution in [0.4, 0.5) is 0 Å². The van der Waals surface area contributed by atoms with Gasteiger partial charge in [0.1, 0.15) is 0 Å². The zero-order valence-electron chi connectivity index (χ0n) is 16.2. The number of likely N-dealkylation sites (N-methyl/N-ethyl adjacent to an activating group) is 1. The molecular formula is C19H30BrNO5S. The highest BCUT2D eigenvalue weighted by molar-refractivity contribution is 9.10. The van der Waals surface area contributed by atoms with E-state index in [2.05, 4.69) is 20.8 Å². The van der Waals surface area contributed by atoms with E-state index in [9.17, 15) is 8.42 Å². The van der Waals surface area contributed by atoms with E-state index < -0.39 is 15.9 Å². The van der Waals surface area contributed by atoms with Crippen molar-refractivity contribution in [1.82, 2.24) is 4.90 Å². The summed E-state index contributed by atoms with van der Waals surface area (Å²) in [5.74, 6) is -0.416. The van der Waals surface area contributed by atoms with Crippen LogP contribution in [0.25, 0.3) is 0 Å². The first-order valence-electron chi connectivity index (χ1n) is 9.40. The monoisotopic (exact) mass is 463 g/mol. The number of hydrogen-bond acceptors (Lipinski definition) is 6. The van der Waals surface area contributed by atoms with Crippen molar-refractivity contribution < 1.29 is 22.1 Å². The summed E-state index contributed by atoms with van der Waals surface area (Å²) in [6.45, 7) is 2.26. The third-order valence-electron chi connectivity index (χ3n) is 4.85. The lowest BCUT2D eigenvalue weighted by atomic mass is 9.94.